The summed E-state index contributed by atoms with van der Waals surface area (Å²) in [4.78, 5) is 15.6. The van der Waals surface area contributed by atoms with E-state index < -0.39 is 0 Å². The first-order valence-electron chi connectivity index (χ1n) is 5.53. The Kier molecular flexibility index (Phi) is 4.26. The van der Waals surface area contributed by atoms with E-state index in [9.17, 15) is 4.79 Å². The maximum atomic E-state index is 11.8. The molecule has 0 saturated heterocycles. The van der Waals surface area contributed by atoms with Crippen molar-refractivity contribution in [3.05, 3.63) is 47.6 Å². The lowest BCUT2D eigenvalue weighted by Gasteiger charge is -2.02. The molecule has 19 heavy (non-hydrogen) atoms. The maximum Gasteiger partial charge on any atom is 0.251 e. The van der Waals surface area contributed by atoms with E-state index in [-0.39, 0.29) is 19.1 Å². The summed E-state index contributed by atoms with van der Waals surface area (Å²) in [6, 6.07) is 6.75. The summed E-state index contributed by atoms with van der Waals surface area (Å²) in [5.74, 6) is 5.47. The second-order valence-corrected chi connectivity index (χ2v) is 3.57. The van der Waals surface area contributed by atoms with E-state index in [1.807, 2.05) is 0 Å². The van der Waals surface area contributed by atoms with Crippen molar-refractivity contribution < 1.29 is 14.4 Å². The third-order valence-electron chi connectivity index (χ3n) is 2.27. The predicted octanol–water partition coefficient (Wildman–Crippen LogP) is 0.343. The molecule has 0 saturated carbocycles. The quantitative estimate of drug-likeness (QED) is 0.774. The topological polar surface area (TPSA) is 88.3 Å². The molecule has 0 fully saturated rings. The van der Waals surface area contributed by atoms with Crippen molar-refractivity contribution in [2.45, 2.75) is 6.54 Å². The third kappa shape index (κ3) is 3.66. The number of carbonyl (C=O) groups excluding carboxylic acids is 1. The summed E-state index contributed by atoms with van der Waals surface area (Å²) in [6.07, 6.45) is 1.20. The fourth-order valence-electron chi connectivity index (χ4n) is 1.38. The van der Waals surface area contributed by atoms with Crippen LogP contribution in [0.2, 0.25) is 0 Å². The molecule has 1 amide bonds. The molecule has 2 rings (SSSR count). The lowest BCUT2D eigenvalue weighted by molar-refractivity contribution is 0.0949. The van der Waals surface area contributed by atoms with E-state index in [0.717, 1.165) is 5.56 Å². The second-order valence-electron chi connectivity index (χ2n) is 3.57. The van der Waals surface area contributed by atoms with E-state index in [4.69, 9.17) is 5.11 Å². The minimum atomic E-state index is -0.230. The summed E-state index contributed by atoms with van der Waals surface area (Å²) in [6.45, 7) is 0.0222. The number of nitrogens with one attached hydrogen (secondary N) is 1. The van der Waals surface area contributed by atoms with Gasteiger partial charge in [-0.25, -0.2) is 0 Å². The first-order chi connectivity index (χ1) is 9.29. The minimum absolute atomic E-state index is 0.188. The van der Waals surface area contributed by atoms with Crippen LogP contribution in [-0.4, -0.2) is 27.8 Å². The first-order valence-corrected chi connectivity index (χ1v) is 5.53. The van der Waals surface area contributed by atoms with Gasteiger partial charge in [-0.05, 0) is 24.3 Å². The van der Waals surface area contributed by atoms with Gasteiger partial charge < -0.3 is 14.9 Å². The lowest BCUT2D eigenvalue weighted by atomic mass is 10.1. The molecule has 0 unspecified atom stereocenters. The highest BCUT2D eigenvalue weighted by molar-refractivity contribution is 5.94. The van der Waals surface area contributed by atoms with Crippen LogP contribution in [0.4, 0.5) is 0 Å². The van der Waals surface area contributed by atoms with E-state index in [0.29, 0.717) is 11.4 Å². The van der Waals surface area contributed by atoms with Crippen LogP contribution < -0.4 is 5.32 Å². The average Bonchev–Trinajstić information content (AvgIpc) is 2.96. The Morgan fingerprint density at radius 2 is 2.16 bits per heavy atom. The number of amides is 1. The minimum Gasteiger partial charge on any atom is -0.384 e. The van der Waals surface area contributed by atoms with Crippen molar-refractivity contribution in [2.75, 3.05) is 6.61 Å². The zero-order valence-electron chi connectivity index (χ0n) is 9.96. The third-order valence-corrected chi connectivity index (χ3v) is 2.27. The molecular formula is C13H11N3O3. The predicted molar refractivity (Wildman–Crippen MR) is 65.9 cm³/mol. The molecule has 1 aromatic heterocycles. The van der Waals surface area contributed by atoms with E-state index in [2.05, 4.69) is 31.8 Å². The van der Waals surface area contributed by atoms with Gasteiger partial charge in [0.2, 0.25) is 6.39 Å². The van der Waals surface area contributed by atoms with E-state index in [1.54, 1.807) is 24.3 Å². The van der Waals surface area contributed by atoms with Crippen LogP contribution in [-0.2, 0) is 6.54 Å². The zero-order valence-corrected chi connectivity index (χ0v) is 9.96. The van der Waals surface area contributed by atoms with Gasteiger partial charge in [-0.1, -0.05) is 17.0 Å². The van der Waals surface area contributed by atoms with Crippen molar-refractivity contribution >= 4 is 5.91 Å². The standard InChI is InChI=1S/C13H11N3O3/c17-7-1-2-10-3-5-11(6-4-10)13(18)14-8-12-15-9-19-16-12/h3-6,9,17H,7-8H2,(H,14,18). The highest BCUT2D eigenvalue weighted by Crippen LogP contribution is 2.03. The molecule has 0 bridgehead atoms. The molecular weight excluding hydrogens is 246 g/mol. The van der Waals surface area contributed by atoms with Crippen LogP contribution in [0.3, 0.4) is 0 Å². The van der Waals surface area contributed by atoms with Crippen LogP contribution in [0.15, 0.2) is 35.2 Å². The summed E-state index contributed by atoms with van der Waals surface area (Å²) in [5, 5.41) is 14.8. The number of hydrogen-bond acceptors (Lipinski definition) is 5. The number of hydrogen-bond donors (Lipinski definition) is 2. The zero-order chi connectivity index (χ0) is 13.5. The molecule has 0 aliphatic carbocycles. The van der Waals surface area contributed by atoms with Crippen molar-refractivity contribution in [2.24, 2.45) is 0 Å². The molecule has 96 valence electrons. The van der Waals surface area contributed by atoms with Crippen LogP contribution in [0.5, 0.6) is 0 Å². The number of aliphatic hydroxyl groups excluding tert-OH is 1. The molecule has 0 atom stereocenters. The Balaban J connectivity index is 1.95. The van der Waals surface area contributed by atoms with Gasteiger partial charge in [0.1, 0.15) is 6.61 Å². The number of benzene rings is 1. The Morgan fingerprint density at radius 3 is 2.79 bits per heavy atom. The van der Waals surface area contributed by atoms with Crippen molar-refractivity contribution in [3.8, 4) is 11.8 Å². The molecule has 0 aliphatic rings. The number of carbonyl (C=O) groups is 1. The summed E-state index contributed by atoms with van der Waals surface area (Å²) in [5.41, 5.74) is 1.25. The number of rotatable bonds is 3. The fourth-order valence-corrected chi connectivity index (χ4v) is 1.38. The largest absolute Gasteiger partial charge is 0.384 e. The van der Waals surface area contributed by atoms with Gasteiger partial charge in [0, 0.05) is 11.1 Å². The molecule has 2 aromatic rings. The molecule has 6 heteroatoms. The molecule has 0 spiro atoms. The lowest BCUT2D eigenvalue weighted by Crippen LogP contribution is -2.23. The highest BCUT2D eigenvalue weighted by Gasteiger charge is 2.06. The summed E-state index contributed by atoms with van der Waals surface area (Å²) < 4.78 is 4.56. The van der Waals surface area contributed by atoms with Gasteiger partial charge in [0.25, 0.3) is 5.91 Å². The van der Waals surface area contributed by atoms with E-state index >= 15 is 0 Å². The Hall–Kier alpha value is -2.65. The van der Waals surface area contributed by atoms with Crippen LogP contribution >= 0.6 is 0 Å². The number of nitrogens with zero attached hydrogens (tertiary/aromatic N) is 2. The smallest absolute Gasteiger partial charge is 0.251 e. The van der Waals surface area contributed by atoms with Gasteiger partial charge in [-0.15, -0.1) is 0 Å². The molecule has 0 radical (unpaired) electrons. The number of aromatic nitrogens is 2. The van der Waals surface area contributed by atoms with Gasteiger partial charge in [0.05, 0.1) is 6.54 Å². The molecule has 2 N–H and O–H groups in total. The van der Waals surface area contributed by atoms with Crippen molar-refractivity contribution in [1.29, 1.82) is 0 Å². The van der Waals surface area contributed by atoms with Crippen LogP contribution in [0.25, 0.3) is 0 Å². The SMILES string of the molecule is O=C(NCc1ncon1)c1ccc(C#CCO)cc1. The summed E-state index contributed by atoms with van der Waals surface area (Å²) >= 11 is 0. The monoisotopic (exact) mass is 257 g/mol. The molecule has 6 nitrogen and oxygen atoms in total. The van der Waals surface area contributed by atoms with Crippen molar-refractivity contribution in [3.63, 3.8) is 0 Å². The van der Waals surface area contributed by atoms with Gasteiger partial charge in [-0.2, -0.15) is 4.98 Å². The van der Waals surface area contributed by atoms with Crippen molar-refractivity contribution in [1.82, 2.24) is 15.5 Å². The average molecular weight is 257 g/mol. The molecule has 0 aliphatic heterocycles. The van der Waals surface area contributed by atoms with Gasteiger partial charge >= 0.3 is 0 Å². The Labute approximate surface area is 109 Å². The maximum absolute atomic E-state index is 11.8. The van der Waals surface area contributed by atoms with Gasteiger partial charge in [-0.3, -0.25) is 4.79 Å². The highest BCUT2D eigenvalue weighted by atomic mass is 16.5. The van der Waals surface area contributed by atoms with Crippen LogP contribution in [0.1, 0.15) is 21.7 Å². The number of aliphatic hydroxyl groups is 1. The second kappa shape index (κ2) is 6.33. The summed E-state index contributed by atoms with van der Waals surface area (Å²) in [7, 11) is 0. The molecule has 1 aromatic carbocycles. The fraction of sp³-hybridized carbons (Fsp3) is 0.154. The van der Waals surface area contributed by atoms with Crippen LogP contribution in [0, 0.1) is 11.8 Å². The normalized spacial score (nSPS) is 9.53. The first kappa shape index (κ1) is 12.8. The Morgan fingerprint density at radius 1 is 1.37 bits per heavy atom. The van der Waals surface area contributed by atoms with E-state index in [1.165, 1.54) is 6.39 Å². The molecule has 1 heterocycles. The Bertz CT molecular complexity index is 594. The van der Waals surface area contributed by atoms with Gasteiger partial charge in [0.15, 0.2) is 5.82 Å².